The van der Waals surface area contributed by atoms with Gasteiger partial charge in [-0.25, -0.2) is 4.79 Å². The largest absolute Gasteiger partial charge is 0.457 e. The zero-order valence-corrected chi connectivity index (χ0v) is 15.3. The van der Waals surface area contributed by atoms with Crippen LogP contribution in [-0.4, -0.2) is 21.7 Å². The summed E-state index contributed by atoms with van der Waals surface area (Å²) < 4.78 is 10.7. The summed E-state index contributed by atoms with van der Waals surface area (Å²) in [7, 11) is 0. The number of aromatic nitrogens is 2. The van der Waals surface area contributed by atoms with E-state index in [9.17, 15) is 4.79 Å². The first-order valence-electron chi connectivity index (χ1n) is 8.51. The lowest BCUT2D eigenvalue weighted by molar-refractivity contribution is -0.150. The Balaban J connectivity index is 1.72. The topological polar surface area (TPSA) is 65.2 Å². The monoisotopic (exact) mass is 340 g/mol. The summed E-state index contributed by atoms with van der Waals surface area (Å²) in [5.74, 6) is 0.638. The summed E-state index contributed by atoms with van der Waals surface area (Å²) in [6.07, 6.45) is 2.20. The van der Waals surface area contributed by atoms with E-state index in [4.69, 9.17) is 9.26 Å². The average Bonchev–Trinajstić information content (AvgIpc) is 3.19. The molecule has 0 amide bonds. The molecule has 2 aromatic rings. The van der Waals surface area contributed by atoms with E-state index in [1.165, 1.54) is 11.1 Å². The minimum absolute atomic E-state index is 0.150. The highest BCUT2D eigenvalue weighted by Gasteiger charge is 2.50. The fourth-order valence-electron chi connectivity index (χ4n) is 2.77. The van der Waals surface area contributed by atoms with Gasteiger partial charge in [0, 0.05) is 5.57 Å². The predicted octanol–water partition coefficient (Wildman–Crippen LogP) is 3.90. The number of ether oxygens (including phenoxy) is 1. The van der Waals surface area contributed by atoms with E-state index in [0.717, 1.165) is 12.8 Å². The molecule has 1 fully saturated rings. The second-order valence-electron chi connectivity index (χ2n) is 7.74. The molecule has 1 heterocycles. The molecule has 0 unspecified atom stereocenters. The number of hydrogen-bond donors (Lipinski definition) is 0. The van der Waals surface area contributed by atoms with Crippen molar-refractivity contribution in [2.75, 3.05) is 0 Å². The standard InChI is InChI=1S/C20H24N2O3/c1-13-6-8-15(9-7-13)20(10-11-20)18-21-16(25-22-18)12-14(2)17(23)24-19(3,4)5/h6-9H,2,10-12H2,1,3-5H3. The average molecular weight is 340 g/mol. The second kappa shape index (κ2) is 6.14. The van der Waals surface area contributed by atoms with Crippen molar-refractivity contribution >= 4 is 5.97 Å². The number of carbonyl (C=O) groups is 1. The van der Waals surface area contributed by atoms with Crippen LogP contribution in [0.3, 0.4) is 0 Å². The molecule has 0 aliphatic heterocycles. The fourth-order valence-corrected chi connectivity index (χ4v) is 2.77. The molecule has 3 rings (SSSR count). The molecule has 0 atom stereocenters. The van der Waals surface area contributed by atoms with Crippen LogP contribution in [0.25, 0.3) is 0 Å². The van der Waals surface area contributed by atoms with Crippen LogP contribution in [0.5, 0.6) is 0 Å². The molecule has 25 heavy (non-hydrogen) atoms. The molecule has 0 N–H and O–H groups in total. The summed E-state index contributed by atoms with van der Waals surface area (Å²) in [6, 6.07) is 8.44. The van der Waals surface area contributed by atoms with Crippen LogP contribution < -0.4 is 0 Å². The lowest BCUT2D eigenvalue weighted by atomic mass is 9.94. The van der Waals surface area contributed by atoms with Crippen molar-refractivity contribution in [3.63, 3.8) is 0 Å². The van der Waals surface area contributed by atoms with Crippen molar-refractivity contribution in [1.82, 2.24) is 10.1 Å². The second-order valence-corrected chi connectivity index (χ2v) is 7.74. The summed E-state index contributed by atoms with van der Waals surface area (Å²) in [5, 5.41) is 4.16. The maximum atomic E-state index is 12.0. The van der Waals surface area contributed by atoms with Crippen molar-refractivity contribution < 1.29 is 14.1 Å². The SMILES string of the molecule is C=C(Cc1nc(C2(c3ccc(C)cc3)CC2)no1)C(=O)OC(C)(C)C. The lowest BCUT2D eigenvalue weighted by Gasteiger charge is -2.19. The van der Waals surface area contributed by atoms with Gasteiger partial charge in [0.1, 0.15) is 5.60 Å². The molecule has 5 heteroatoms. The molecule has 1 aliphatic rings. The maximum Gasteiger partial charge on any atom is 0.334 e. The quantitative estimate of drug-likeness (QED) is 0.610. The molecule has 1 aromatic heterocycles. The molecule has 0 saturated heterocycles. The third-order valence-electron chi connectivity index (χ3n) is 4.30. The van der Waals surface area contributed by atoms with Gasteiger partial charge in [0.15, 0.2) is 5.82 Å². The van der Waals surface area contributed by atoms with Crippen LogP contribution in [0, 0.1) is 6.92 Å². The van der Waals surface area contributed by atoms with Crippen LogP contribution >= 0.6 is 0 Å². The van der Waals surface area contributed by atoms with Crippen LogP contribution in [0.4, 0.5) is 0 Å². The zero-order valence-electron chi connectivity index (χ0n) is 15.3. The Kier molecular flexibility index (Phi) is 4.27. The minimum atomic E-state index is -0.552. The Hall–Kier alpha value is -2.43. The third kappa shape index (κ3) is 3.81. The zero-order chi connectivity index (χ0) is 18.2. The smallest absolute Gasteiger partial charge is 0.334 e. The predicted molar refractivity (Wildman–Crippen MR) is 94.2 cm³/mol. The van der Waals surface area contributed by atoms with E-state index in [1.54, 1.807) is 0 Å². The van der Waals surface area contributed by atoms with Gasteiger partial charge >= 0.3 is 5.97 Å². The van der Waals surface area contributed by atoms with E-state index < -0.39 is 11.6 Å². The van der Waals surface area contributed by atoms with Gasteiger partial charge in [-0.15, -0.1) is 0 Å². The van der Waals surface area contributed by atoms with Crippen molar-refractivity contribution in [2.45, 2.75) is 58.0 Å². The molecule has 0 radical (unpaired) electrons. The Morgan fingerprint density at radius 2 is 1.92 bits per heavy atom. The van der Waals surface area contributed by atoms with Crippen LogP contribution in [0.1, 0.15) is 56.5 Å². The van der Waals surface area contributed by atoms with Crippen molar-refractivity contribution in [1.29, 1.82) is 0 Å². The maximum absolute atomic E-state index is 12.0. The summed E-state index contributed by atoms with van der Waals surface area (Å²) in [4.78, 5) is 16.5. The number of benzene rings is 1. The number of esters is 1. The van der Waals surface area contributed by atoms with E-state index in [1.807, 2.05) is 20.8 Å². The summed E-state index contributed by atoms with van der Waals surface area (Å²) in [6.45, 7) is 11.3. The van der Waals surface area contributed by atoms with Gasteiger partial charge in [-0.3, -0.25) is 0 Å². The third-order valence-corrected chi connectivity index (χ3v) is 4.30. The Bertz CT molecular complexity index is 793. The van der Waals surface area contributed by atoms with Gasteiger partial charge in [0.05, 0.1) is 11.8 Å². The highest BCUT2D eigenvalue weighted by Crippen LogP contribution is 2.52. The van der Waals surface area contributed by atoms with E-state index in [-0.39, 0.29) is 11.8 Å². The molecule has 132 valence electrons. The van der Waals surface area contributed by atoms with E-state index in [0.29, 0.717) is 17.3 Å². The van der Waals surface area contributed by atoms with Gasteiger partial charge in [-0.1, -0.05) is 41.6 Å². The van der Waals surface area contributed by atoms with Gasteiger partial charge in [-0.2, -0.15) is 4.98 Å². The van der Waals surface area contributed by atoms with Crippen LogP contribution in [0.2, 0.25) is 0 Å². The van der Waals surface area contributed by atoms with Crippen molar-refractivity contribution in [2.24, 2.45) is 0 Å². The molecule has 5 nitrogen and oxygen atoms in total. The first kappa shape index (κ1) is 17.4. The number of nitrogens with zero attached hydrogens (tertiary/aromatic N) is 2. The normalized spacial score (nSPS) is 15.7. The first-order chi connectivity index (χ1) is 11.7. The van der Waals surface area contributed by atoms with Gasteiger partial charge < -0.3 is 9.26 Å². The Morgan fingerprint density at radius 1 is 1.28 bits per heavy atom. The van der Waals surface area contributed by atoms with Gasteiger partial charge in [-0.05, 0) is 46.1 Å². The number of aryl methyl sites for hydroxylation is 1. The lowest BCUT2D eigenvalue weighted by Crippen LogP contribution is -2.25. The molecule has 1 aliphatic carbocycles. The number of rotatable bonds is 5. The van der Waals surface area contributed by atoms with Gasteiger partial charge in [0.2, 0.25) is 5.89 Å². The van der Waals surface area contributed by atoms with E-state index in [2.05, 4.69) is 47.9 Å². The minimum Gasteiger partial charge on any atom is -0.457 e. The molecule has 1 saturated carbocycles. The fraction of sp³-hybridized carbons (Fsp3) is 0.450. The van der Waals surface area contributed by atoms with Gasteiger partial charge in [0.25, 0.3) is 0 Å². The highest BCUT2D eigenvalue weighted by molar-refractivity contribution is 5.88. The highest BCUT2D eigenvalue weighted by atomic mass is 16.6. The molecular weight excluding hydrogens is 316 g/mol. The van der Waals surface area contributed by atoms with Crippen molar-refractivity contribution in [3.05, 3.63) is 59.3 Å². The number of carbonyl (C=O) groups excluding carboxylic acids is 1. The van der Waals surface area contributed by atoms with E-state index >= 15 is 0 Å². The summed E-state index contributed by atoms with van der Waals surface area (Å²) >= 11 is 0. The Morgan fingerprint density at radius 3 is 2.48 bits per heavy atom. The Labute approximate surface area is 148 Å². The molecular formula is C20H24N2O3. The molecule has 1 aromatic carbocycles. The summed E-state index contributed by atoms with van der Waals surface area (Å²) in [5.41, 5.74) is 2.04. The van der Waals surface area contributed by atoms with Crippen LogP contribution in [0.15, 0.2) is 40.9 Å². The molecule has 0 bridgehead atoms. The first-order valence-corrected chi connectivity index (χ1v) is 8.51. The van der Waals surface area contributed by atoms with Crippen molar-refractivity contribution in [3.8, 4) is 0 Å². The number of hydrogen-bond acceptors (Lipinski definition) is 5. The van der Waals surface area contributed by atoms with Crippen LogP contribution in [-0.2, 0) is 21.4 Å². The molecule has 0 spiro atoms.